The molecule has 11 aromatic rings. The van der Waals surface area contributed by atoms with Gasteiger partial charge in [0.05, 0.1) is 0 Å². The number of hydrogen-bond acceptors (Lipinski definition) is 3. The van der Waals surface area contributed by atoms with Gasteiger partial charge in [0.25, 0.3) is 0 Å². The van der Waals surface area contributed by atoms with E-state index in [4.69, 9.17) is 8.83 Å². The van der Waals surface area contributed by atoms with Crippen molar-refractivity contribution in [3.8, 4) is 44.5 Å². The second-order valence-electron chi connectivity index (χ2n) is 21.8. The molecule has 3 heteroatoms. The maximum absolute atomic E-state index is 6.99. The fraction of sp³-hybridized carbons (Fsp3) is 0.182. The van der Waals surface area contributed by atoms with Crippen LogP contribution in [0.4, 0.5) is 17.1 Å². The summed E-state index contributed by atoms with van der Waals surface area (Å²) in [4.78, 5) is 2.50. The summed E-state index contributed by atoms with van der Waals surface area (Å²) in [5, 5.41) is 4.76. The lowest BCUT2D eigenvalue weighted by molar-refractivity contribution is 0.600. The first-order valence-corrected chi connectivity index (χ1v) is 24.6. The first-order valence-electron chi connectivity index (χ1n) is 24.6. The van der Waals surface area contributed by atoms with Crippen LogP contribution >= 0.6 is 0 Å². The van der Waals surface area contributed by atoms with Crippen molar-refractivity contribution in [3.63, 3.8) is 0 Å². The smallest absolute Gasteiger partial charge is 0.144 e. The monoisotopic (exact) mass is 891 g/mol. The number of rotatable bonds is 4. The summed E-state index contributed by atoms with van der Waals surface area (Å²) < 4.78 is 13.9. The van der Waals surface area contributed by atoms with Crippen molar-refractivity contribution in [1.29, 1.82) is 0 Å². The Morgan fingerprint density at radius 3 is 1.61 bits per heavy atom. The number of hydrogen-bond donors (Lipinski definition) is 0. The fourth-order valence-electron chi connectivity index (χ4n) is 13.4. The molecule has 0 radical (unpaired) electrons. The van der Waals surface area contributed by atoms with Crippen LogP contribution in [0.15, 0.2) is 167 Å². The Kier molecular flexibility index (Phi) is 7.94. The normalized spacial score (nSPS) is 15.4. The van der Waals surface area contributed by atoms with Crippen LogP contribution in [-0.4, -0.2) is 0 Å². The zero-order valence-electron chi connectivity index (χ0n) is 40.8. The minimum Gasteiger partial charge on any atom is -0.455 e. The van der Waals surface area contributed by atoms with Gasteiger partial charge in [0.2, 0.25) is 0 Å². The van der Waals surface area contributed by atoms with E-state index in [9.17, 15) is 0 Å². The molecule has 0 unspecified atom stereocenters. The third-order valence-corrected chi connectivity index (χ3v) is 16.7. The molecule has 0 fully saturated rings. The predicted molar refractivity (Wildman–Crippen MR) is 288 cm³/mol. The van der Waals surface area contributed by atoms with Crippen molar-refractivity contribution in [1.82, 2.24) is 0 Å². The van der Waals surface area contributed by atoms with Gasteiger partial charge in [-0.15, -0.1) is 0 Å². The zero-order chi connectivity index (χ0) is 47.0. The van der Waals surface area contributed by atoms with Crippen LogP contribution in [-0.2, 0) is 16.2 Å². The number of benzene rings is 9. The van der Waals surface area contributed by atoms with E-state index in [2.05, 4.69) is 225 Å². The molecular weight excluding hydrogens is 839 g/mol. The first-order chi connectivity index (χ1) is 33.2. The van der Waals surface area contributed by atoms with Crippen molar-refractivity contribution in [2.45, 2.75) is 78.6 Å². The fourth-order valence-corrected chi connectivity index (χ4v) is 13.4. The third-order valence-electron chi connectivity index (χ3n) is 16.7. The van der Waals surface area contributed by atoms with Crippen LogP contribution in [0.1, 0.15) is 91.6 Å². The van der Waals surface area contributed by atoms with Crippen LogP contribution in [0, 0.1) is 20.8 Å². The van der Waals surface area contributed by atoms with E-state index in [0.29, 0.717) is 0 Å². The summed E-state index contributed by atoms with van der Waals surface area (Å²) in [6.45, 7) is 21.2. The van der Waals surface area contributed by atoms with Crippen molar-refractivity contribution in [2.24, 2.45) is 0 Å². The summed E-state index contributed by atoms with van der Waals surface area (Å²) in [5.41, 5.74) is 28.4. The lowest BCUT2D eigenvalue weighted by Crippen LogP contribution is -2.24. The Labute approximate surface area is 403 Å². The van der Waals surface area contributed by atoms with Crippen molar-refractivity contribution >= 4 is 60.9 Å². The van der Waals surface area contributed by atoms with Gasteiger partial charge < -0.3 is 13.7 Å². The van der Waals surface area contributed by atoms with Crippen LogP contribution in [0.5, 0.6) is 0 Å². The molecular formula is C66H53NO2. The molecule has 0 aliphatic heterocycles. The maximum Gasteiger partial charge on any atom is 0.144 e. The summed E-state index contributed by atoms with van der Waals surface area (Å²) in [7, 11) is 0. The number of aryl methyl sites for hydroxylation is 3. The average Bonchev–Trinajstić information content (AvgIpc) is 4.09. The van der Waals surface area contributed by atoms with Gasteiger partial charge in [-0.05, 0) is 147 Å². The minimum atomic E-state index is -0.318. The van der Waals surface area contributed by atoms with E-state index < -0.39 is 0 Å². The molecule has 334 valence electrons. The summed E-state index contributed by atoms with van der Waals surface area (Å²) in [5.74, 6) is 0. The van der Waals surface area contributed by atoms with Gasteiger partial charge >= 0.3 is 0 Å². The second kappa shape index (κ2) is 13.5. The van der Waals surface area contributed by atoms with E-state index >= 15 is 0 Å². The van der Waals surface area contributed by atoms with Crippen LogP contribution < -0.4 is 4.90 Å². The lowest BCUT2D eigenvalue weighted by atomic mass is 9.72. The van der Waals surface area contributed by atoms with Crippen LogP contribution in [0.25, 0.3) is 88.4 Å². The van der Waals surface area contributed by atoms with Crippen LogP contribution in [0.2, 0.25) is 0 Å². The molecule has 3 aliphatic carbocycles. The molecule has 0 amide bonds. The molecule has 0 N–H and O–H groups in total. The number of anilines is 3. The Morgan fingerprint density at radius 2 is 0.913 bits per heavy atom. The maximum atomic E-state index is 6.99. The predicted octanol–water partition coefficient (Wildman–Crippen LogP) is 18.5. The molecule has 0 bridgehead atoms. The molecule has 2 aromatic heterocycles. The Hall–Kier alpha value is -7.62. The Balaban J connectivity index is 0.989. The first kappa shape index (κ1) is 40.4. The quantitative estimate of drug-likeness (QED) is 0.176. The molecule has 0 saturated carbocycles. The highest BCUT2D eigenvalue weighted by atomic mass is 16.3. The molecule has 0 spiro atoms. The van der Waals surface area contributed by atoms with Crippen molar-refractivity contribution in [3.05, 3.63) is 208 Å². The number of nitrogens with zero attached hydrogens (tertiary/aromatic N) is 1. The second-order valence-corrected chi connectivity index (χ2v) is 21.8. The minimum absolute atomic E-state index is 0.221. The van der Waals surface area contributed by atoms with Gasteiger partial charge in [-0.1, -0.05) is 156 Å². The Morgan fingerprint density at radius 1 is 0.377 bits per heavy atom. The van der Waals surface area contributed by atoms with E-state index in [1.807, 2.05) is 0 Å². The molecule has 3 aliphatic rings. The molecule has 9 aromatic carbocycles. The SMILES string of the molecule is Cc1ccc(-c2cc3c(c4c2oc2ccccc24)-c2ccc(N(c4ccc5c(c4)C(C)(C)c4c6c(c7oc8ccccc8c7c4-5)-c4ccccc4C6(C)C)c4ccccc4C)cc2C3(C)C)c(C)c1. The van der Waals surface area contributed by atoms with E-state index in [-0.39, 0.29) is 16.2 Å². The zero-order valence-corrected chi connectivity index (χ0v) is 40.8. The van der Waals surface area contributed by atoms with Gasteiger partial charge in [0.1, 0.15) is 22.3 Å². The number of para-hydroxylation sites is 3. The van der Waals surface area contributed by atoms with Gasteiger partial charge in [0.15, 0.2) is 0 Å². The van der Waals surface area contributed by atoms with Gasteiger partial charge in [-0.3, -0.25) is 0 Å². The van der Waals surface area contributed by atoms with Gasteiger partial charge in [0, 0.05) is 66.0 Å². The van der Waals surface area contributed by atoms with E-state index in [1.165, 1.54) is 111 Å². The summed E-state index contributed by atoms with van der Waals surface area (Å²) in [6.07, 6.45) is 0. The van der Waals surface area contributed by atoms with E-state index in [1.54, 1.807) is 0 Å². The highest BCUT2D eigenvalue weighted by Gasteiger charge is 2.49. The highest BCUT2D eigenvalue weighted by Crippen LogP contribution is 2.64. The molecule has 0 saturated heterocycles. The highest BCUT2D eigenvalue weighted by molar-refractivity contribution is 6.21. The van der Waals surface area contributed by atoms with E-state index in [0.717, 1.165) is 44.7 Å². The summed E-state index contributed by atoms with van der Waals surface area (Å²) >= 11 is 0. The van der Waals surface area contributed by atoms with Crippen molar-refractivity contribution < 1.29 is 8.83 Å². The summed E-state index contributed by atoms with van der Waals surface area (Å²) in [6, 6.07) is 58.7. The number of furan rings is 2. The largest absolute Gasteiger partial charge is 0.455 e. The standard InChI is InChI=1S/C66H53NO2/c1-36-26-29-41(38(3)32-36)47-35-51-55(57-45-20-12-16-24-53(45)68-62(47)57)43-30-27-39(33-49(43)64(51,4)5)67(52-23-15-10-18-37(52)2)40-28-31-44-50(34-40)66(8,9)60-56(44)58-46-21-13-17-25-54(46)69-63(58)59-42-19-11-14-22-48(42)65(6,7)61(59)60/h10-35H,1-9H3. The lowest BCUT2D eigenvalue weighted by Gasteiger charge is -2.32. The Bertz CT molecular complexity index is 4090. The third kappa shape index (κ3) is 5.18. The molecule has 0 atom stereocenters. The molecule has 2 heterocycles. The average molecular weight is 892 g/mol. The molecule has 69 heavy (non-hydrogen) atoms. The topological polar surface area (TPSA) is 29.5 Å². The van der Waals surface area contributed by atoms with Crippen molar-refractivity contribution in [2.75, 3.05) is 4.90 Å². The number of fused-ring (bicyclic) bond motifs is 19. The van der Waals surface area contributed by atoms with Gasteiger partial charge in [-0.25, -0.2) is 0 Å². The van der Waals surface area contributed by atoms with Gasteiger partial charge in [-0.2, -0.15) is 0 Å². The molecule has 14 rings (SSSR count). The molecule has 3 nitrogen and oxygen atoms in total. The van der Waals surface area contributed by atoms with Crippen LogP contribution in [0.3, 0.4) is 0 Å².